The number of hydrogen-bond donors (Lipinski definition) is 3. The highest BCUT2D eigenvalue weighted by Crippen LogP contribution is 2.33. The van der Waals surface area contributed by atoms with Crippen LogP contribution < -0.4 is 10.6 Å². The Kier molecular flexibility index (Phi) is 11.4. The van der Waals surface area contributed by atoms with Crippen LogP contribution in [0.15, 0.2) is 24.3 Å². The van der Waals surface area contributed by atoms with Crippen LogP contribution in [0.3, 0.4) is 0 Å². The minimum absolute atomic E-state index is 0. The lowest BCUT2D eigenvalue weighted by Crippen LogP contribution is -2.36. The first-order chi connectivity index (χ1) is 11.5. The Morgan fingerprint density at radius 2 is 1.62 bits per heavy atom. The molecular formula is C16H24N2O5S3. The fourth-order valence-electron chi connectivity index (χ4n) is 2.70. The summed E-state index contributed by atoms with van der Waals surface area (Å²) in [6.07, 6.45) is 7.89. The second-order valence-electron chi connectivity index (χ2n) is 5.73. The van der Waals surface area contributed by atoms with Crippen molar-refractivity contribution in [1.29, 1.82) is 0 Å². The lowest BCUT2D eigenvalue weighted by molar-refractivity contribution is -0.137. The number of allylic oxidation sites excluding steroid dienone is 4. The van der Waals surface area contributed by atoms with E-state index >= 15 is 0 Å². The zero-order chi connectivity index (χ0) is 17.5. The molecule has 2 heterocycles. The summed E-state index contributed by atoms with van der Waals surface area (Å²) in [5.74, 6) is -0.00510. The number of ketones is 2. The summed E-state index contributed by atoms with van der Waals surface area (Å²) in [6.45, 7) is 0. The van der Waals surface area contributed by atoms with Crippen molar-refractivity contribution in [2.45, 2.75) is 43.0 Å². The highest BCUT2D eigenvalue weighted by atomic mass is 32.2. The van der Waals surface area contributed by atoms with E-state index < -0.39 is 5.97 Å². The molecule has 0 aromatic rings. The van der Waals surface area contributed by atoms with Gasteiger partial charge in [-0.05, 0) is 37.1 Å². The first-order valence-electron chi connectivity index (χ1n) is 7.80. The molecule has 2 saturated heterocycles. The van der Waals surface area contributed by atoms with Crippen molar-refractivity contribution < 1.29 is 24.3 Å². The first kappa shape index (κ1) is 24.6. The van der Waals surface area contributed by atoms with Crippen LogP contribution in [0.1, 0.15) is 25.7 Å². The van der Waals surface area contributed by atoms with Gasteiger partial charge in [-0.2, -0.15) is 38.8 Å². The van der Waals surface area contributed by atoms with E-state index in [1.165, 1.54) is 24.3 Å². The molecule has 2 amide bonds. The molecule has 0 aromatic heterocycles. The molecule has 3 rings (SSSR count). The number of nitrogens with one attached hydrogen (secondary N) is 2. The zero-order valence-electron chi connectivity index (χ0n) is 14.1. The largest absolute Gasteiger partial charge is 0.481 e. The Bertz CT molecular complexity index is 556. The number of carboxylic acids is 1. The van der Waals surface area contributed by atoms with E-state index in [2.05, 4.69) is 10.6 Å². The van der Waals surface area contributed by atoms with Gasteiger partial charge < -0.3 is 15.7 Å². The molecule has 7 nitrogen and oxygen atoms in total. The average Bonchev–Trinajstić information content (AvgIpc) is 3.07. The Morgan fingerprint density at radius 1 is 1.04 bits per heavy atom. The third-order valence-electron chi connectivity index (χ3n) is 3.89. The lowest BCUT2D eigenvalue weighted by Gasteiger charge is -2.16. The van der Waals surface area contributed by atoms with Gasteiger partial charge in [-0.15, -0.1) is 0 Å². The molecule has 146 valence electrons. The third kappa shape index (κ3) is 7.88. The van der Waals surface area contributed by atoms with Gasteiger partial charge in [-0.1, -0.05) is 6.42 Å². The average molecular weight is 421 g/mol. The van der Waals surface area contributed by atoms with Crippen LogP contribution in [-0.2, 0) is 14.4 Å². The Balaban J connectivity index is 0.000000536. The van der Waals surface area contributed by atoms with Crippen LogP contribution in [0.25, 0.3) is 0 Å². The summed E-state index contributed by atoms with van der Waals surface area (Å²) in [6, 6.07) is 0.440. The van der Waals surface area contributed by atoms with Crippen LogP contribution in [0, 0.1) is 0 Å². The number of aliphatic carboxylic acids is 1. The topological polar surface area (TPSA) is 113 Å². The standard InChI is InChI=1S/C10H16N2O3S.C6H4O2.2H2S/c13-8(14)4-2-1-3-7-9-6(5-16-7)11-10(15)12-9;7-5-1-2-6(8)4-3-5;;/h6-7,9H,1-5H2,(H,13,14)(H2,11,12,15);1-4H;2*1H2/t6-,7-,9-;;;/m0.../s1. The third-order valence-corrected chi connectivity index (χ3v) is 5.40. The predicted octanol–water partition coefficient (Wildman–Crippen LogP) is 1.27. The van der Waals surface area contributed by atoms with Crippen molar-refractivity contribution in [3.8, 4) is 0 Å². The highest BCUT2D eigenvalue weighted by Gasteiger charge is 2.42. The van der Waals surface area contributed by atoms with Gasteiger partial charge in [0.2, 0.25) is 0 Å². The molecule has 2 fully saturated rings. The summed E-state index contributed by atoms with van der Waals surface area (Å²) >= 11 is 1.87. The molecule has 0 unspecified atom stereocenters. The summed E-state index contributed by atoms with van der Waals surface area (Å²) in [5, 5.41) is 14.8. The minimum atomic E-state index is -0.729. The maximum absolute atomic E-state index is 11.1. The van der Waals surface area contributed by atoms with Gasteiger partial charge in [0, 0.05) is 17.4 Å². The summed E-state index contributed by atoms with van der Waals surface area (Å²) in [4.78, 5) is 42.0. The van der Waals surface area contributed by atoms with Gasteiger partial charge in [-0.25, -0.2) is 4.79 Å². The van der Waals surface area contributed by atoms with Gasteiger partial charge in [0.15, 0.2) is 11.6 Å². The van der Waals surface area contributed by atoms with Crippen LogP contribution in [0.4, 0.5) is 4.79 Å². The molecule has 3 atom stereocenters. The second kappa shape index (κ2) is 12.1. The van der Waals surface area contributed by atoms with Gasteiger partial charge in [0.1, 0.15) is 0 Å². The number of hydrogen-bond acceptors (Lipinski definition) is 5. The molecule has 0 saturated carbocycles. The molecule has 26 heavy (non-hydrogen) atoms. The molecule has 1 aliphatic carbocycles. The van der Waals surface area contributed by atoms with E-state index in [-0.39, 0.29) is 63.1 Å². The van der Waals surface area contributed by atoms with Crippen molar-refractivity contribution >= 4 is 62.3 Å². The monoisotopic (exact) mass is 420 g/mol. The number of rotatable bonds is 5. The zero-order valence-corrected chi connectivity index (χ0v) is 16.9. The SMILES string of the molecule is O=C(O)CCCC[C@@H]1SC[C@@H]2NC(=O)N[C@@H]21.O=C1C=CC(=O)C=C1.S.S. The summed E-state index contributed by atoms with van der Waals surface area (Å²) in [7, 11) is 0. The molecular weight excluding hydrogens is 396 g/mol. The van der Waals surface area contributed by atoms with Crippen LogP contribution in [-0.4, -0.2) is 51.8 Å². The molecule has 0 bridgehead atoms. The number of unbranched alkanes of at least 4 members (excludes halogenated alkanes) is 1. The summed E-state index contributed by atoms with van der Waals surface area (Å²) in [5.41, 5.74) is 0. The van der Waals surface area contributed by atoms with Gasteiger partial charge >= 0.3 is 12.0 Å². The Hall–Kier alpha value is -1.39. The van der Waals surface area contributed by atoms with Crippen LogP contribution >= 0.6 is 38.8 Å². The molecule has 0 radical (unpaired) electrons. The van der Waals surface area contributed by atoms with Gasteiger partial charge in [0.25, 0.3) is 0 Å². The van der Waals surface area contributed by atoms with Crippen molar-refractivity contribution in [3.63, 3.8) is 0 Å². The molecule has 3 N–H and O–H groups in total. The normalized spacial score (nSPS) is 25.1. The van der Waals surface area contributed by atoms with Gasteiger partial charge in [-0.3, -0.25) is 14.4 Å². The van der Waals surface area contributed by atoms with E-state index in [1.807, 2.05) is 11.8 Å². The fourth-order valence-corrected chi connectivity index (χ4v) is 4.25. The highest BCUT2D eigenvalue weighted by molar-refractivity contribution is 8.00. The lowest BCUT2D eigenvalue weighted by atomic mass is 10.0. The van der Waals surface area contributed by atoms with E-state index in [9.17, 15) is 19.2 Å². The van der Waals surface area contributed by atoms with Crippen molar-refractivity contribution in [3.05, 3.63) is 24.3 Å². The number of thioether (sulfide) groups is 1. The minimum Gasteiger partial charge on any atom is -0.481 e. The van der Waals surface area contributed by atoms with E-state index in [1.54, 1.807) is 0 Å². The molecule has 0 aromatic carbocycles. The number of carbonyl (C=O) groups is 4. The Morgan fingerprint density at radius 3 is 2.15 bits per heavy atom. The van der Waals surface area contributed by atoms with Gasteiger partial charge in [0.05, 0.1) is 12.1 Å². The number of amides is 2. The quantitative estimate of drug-likeness (QED) is 0.351. The maximum atomic E-state index is 11.1. The molecule has 3 aliphatic rings. The second-order valence-corrected chi connectivity index (χ2v) is 7.00. The first-order valence-corrected chi connectivity index (χ1v) is 8.85. The smallest absolute Gasteiger partial charge is 0.315 e. The fraction of sp³-hybridized carbons (Fsp3) is 0.500. The van der Waals surface area contributed by atoms with E-state index in [0.717, 1.165) is 25.0 Å². The van der Waals surface area contributed by atoms with Crippen LogP contribution in [0.5, 0.6) is 0 Å². The van der Waals surface area contributed by atoms with Crippen molar-refractivity contribution in [2.75, 3.05) is 5.75 Å². The molecule has 0 spiro atoms. The van der Waals surface area contributed by atoms with Crippen molar-refractivity contribution in [1.82, 2.24) is 10.6 Å². The maximum Gasteiger partial charge on any atom is 0.315 e. The van der Waals surface area contributed by atoms with Crippen molar-refractivity contribution in [2.24, 2.45) is 0 Å². The number of urea groups is 1. The Labute approximate surface area is 170 Å². The number of fused-ring (bicyclic) bond motifs is 1. The van der Waals surface area contributed by atoms with E-state index in [4.69, 9.17) is 5.11 Å². The molecule has 2 aliphatic heterocycles. The number of carbonyl (C=O) groups excluding carboxylic acids is 3. The molecule has 10 heteroatoms. The number of carboxylic acid groups (broad SMARTS) is 1. The summed E-state index contributed by atoms with van der Waals surface area (Å²) < 4.78 is 0. The predicted molar refractivity (Wildman–Crippen MR) is 111 cm³/mol. The van der Waals surface area contributed by atoms with Crippen LogP contribution in [0.2, 0.25) is 0 Å². The van der Waals surface area contributed by atoms with E-state index in [0.29, 0.717) is 5.25 Å².